The first-order valence-corrected chi connectivity index (χ1v) is 3.06. The Hall–Kier alpha value is -0.420. The second kappa shape index (κ2) is 2.04. The molecule has 0 amide bonds. The molecule has 1 N–H and O–H groups in total. The quantitative estimate of drug-likeness (QED) is 0.503. The van der Waals surface area contributed by atoms with Crippen LogP contribution >= 0.6 is 8.37 Å². The van der Waals surface area contributed by atoms with E-state index in [1.807, 2.05) is 12.2 Å². The number of rotatable bonds is 1. The standard InChI is InChI=1S/C5H6NP/c6-7-5-3-1-2-4-5/h1-3,6H,4H2. The molecule has 0 saturated heterocycles. The van der Waals surface area contributed by atoms with Gasteiger partial charge in [-0.15, -0.1) is 0 Å². The molecule has 0 aliphatic heterocycles. The molecule has 0 spiro atoms. The Morgan fingerprint density at radius 2 is 2.57 bits per heavy atom. The van der Waals surface area contributed by atoms with Crippen molar-refractivity contribution in [2.24, 2.45) is 0 Å². The zero-order valence-corrected chi connectivity index (χ0v) is 4.78. The molecule has 1 aliphatic carbocycles. The lowest BCUT2D eigenvalue weighted by atomic mass is 10.5. The van der Waals surface area contributed by atoms with Crippen molar-refractivity contribution in [3.8, 4) is 0 Å². The molecule has 0 aromatic rings. The number of hydrogen-bond acceptors (Lipinski definition) is 1. The first-order valence-electron chi connectivity index (χ1n) is 2.16. The minimum absolute atomic E-state index is 0.671. The van der Waals surface area contributed by atoms with Crippen molar-refractivity contribution in [2.75, 3.05) is 0 Å². The van der Waals surface area contributed by atoms with E-state index < -0.39 is 0 Å². The smallest absolute Gasteiger partial charge is 0.0310 e. The molecule has 1 nitrogen and oxygen atoms in total. The van der Waals surface area contributed by atoms with E-state index in [1.54, 1.807) is 0 Å². The van der Waals surface area contributed by atoms with Gasteiger partial charge in [-0.1, -0.05) is 18.2 Å². The molecule has 0 bridgehead atoms. The lowest BCUT2D eigenvalue weighted by molar-refractivity contribution is 1.40. The van der Waals surface area contributed by atoms with Crippen LogP contribution < -0.4 is 0 Å². The lowest BCUT2D eigenvalue weighted by Gasteiger charge is -1.79. The van der Waals surface area contributed by atoms with E-state index in [1.165, 1.54) is 5.31 Å². The predicted molar refractivity (Wildman–Crippen MR) is 31.5 cm³/mol. The average molecular weight is 111 g/mol. The second-order valence-corrected chi connectivity index (χ2v) is 2.20. The Bertz CT molecular complexity index is 135. The summed E-state index contributed by atoms with van der Waals surface area (Å²) in [6.07, 6.45) is 7.05. The van der Waals surface area contributed by atoms with Crippen molar-refractivity contribution in [1.82, 2.24) is 0 Å². The van der Waals surface area contributed by atoms with Gasteiger partial charge < -0.3 is 0 Å². The molecule has 0 heterocycles. The minimum atomic E-state index is 0.671. The molecule has 0 radical (unpaired) electrons. The van der Waals surface area contributed by atoms with Gasteiger partial charge >= 0.3 is 0 Å². The molecule has 1 rings (SSSR count). The molecule has 0 aromatic heterocycles. The van der Waals surface area contributed by atoms with Gasteiger partial charge in [-0.25, -0.2) is 0 Å². The maximum absolute atomic E-state index is 6.86. The average Bonchev–Trinajstić information content (AvgIpc) is 2.14. The van der Waals surface area contributed by atoms with Gasteiger partial charge in [-0.05, 0) is 6.42 Å². The van der Waals surface area contributed by atoms with Crippen LogP contribution in [0, 0.1) is 5.16 Å². The van der Waals surface area contributed by atoms with E-state index >= 15 is 0 Å². The van der Waals surface area contributed by atoms with Crippen LogP contribution in [0.5, 0.6) is 0 Å². The molecule has 36 valence electrons. The second-order valence-electron chi connectivity index (χ2n) is 1.40. The first-order chi connectivity index (χ1) is 3.43. The van der Waals surface area contributed by atoms with Gasteiger partial charge in [0.05, 0.1) is 0 Å². The van der Waals surface area contributed by atoms with Crippen LogP contribution in [0.3, 0.4) is 0 Å². The van der Waals surface area contributed by atoms with Crippen molar-refractivity contribution in [1.29, 1.82) is 5.16 Å². The zero-order valence-electron chi connectivity index (χ0n) is 3.89. The van der Waals surface area contributed by atoms with Crippen LogP contribution in [0.1, 0.15) is 6.42 Å². The van der Waals surface area contributed by atoms with Crippen molar-refractivity contribution in [2.45, 2.75) is 6.42 Å². The summed E-state index contributed by atoms with van der Waals surface area (Å²) in [5, 5.41) is 8.06. The van der Waals surface area contributed by atoms with Crippen molar-refractivity contribution >= 4 is 8.37 Å². The number of allylic oxidation sites excluding steroid dienone is 4. The molecule has 0 aromatic carbocycles. The van der Waals surface area contributed by atoms with E-state index in [2.05, 4.69) is 6.08 Å². The maximum atomic E-state index is 6.86. The van der Waals surface area contributed by atoms with Crippen LogP contribution in [0.25, 0.3) is 0 Å². The molecule has 0 fully saturated rings. The SMILES string of the molecule is N=PC1=CC=CC1. The number of hydrogen-bond donors (Lipinski definition) is 1. The Morgan fingerprint density at radius 3 is 2.86 bits per heavy atom. The summed E-state index contributed by atoms with van der Waals surface area (Å²) in [6, 6.07) is 0. The summed E-state index contributed by atoms with van der Waals surface area (Å²) in [6.45, 7) is 0. The van der Waals surface area contributed by atoms with E-state index in [0.29, 0.717) is 8.37 Å². The molecule has 1 aliphatic rings. The van der Waals surface area contributed by atoms with Crippen LogP contribution in [0.2, 0.25) is 0 Å². The Kier molecular flexibility index (Phi) is 1.38. The topological polar surface area (TPSA) is 23.9 Å². The van der Waals surface area contributed by atoms with Gasteiger partial charge in [0.2, 0.25) is 0 Å². The van der Waals surface area contributed by atoms with Gasteiger partial charge in [-0.3, -0.25) is 5.16 Å². The highest BCUT2D eigenvalue weighted by Crippen LogP contribution is 2.20. The Morgan fingerprint density at radius 1 is 1.71 bits per heavy atom. The normalized spacial score (nSPS) is 18.0. The minimum Gasteiger partial charge on any atom is -0.279 e. The van der Waals surface area contributed by atoms with E-state index in [-0.39, 0.29) is 0 Å². The molecule has 0 unspecified atom stereocenters. The largest absolute Gasteiger partial charge is 0.279 e. The zero-order chi connectivity index (χ0) is 5.11. The van der Waals surface area contributed by atoms with Gasteiger partial charge in [0.25, 0.3) is 0 Å². The summed E-state index contributed by atoms with van der Waals surface area (Å²) < 4.78 is 0. The fourth-order valence-corrected chi connectivity index (χ4v) is 0.876. The summed E-state index contributed by atoms with van der Waals surface area (Å²) >= 11 is 0. The molecular weight excluding hydrogens is 105 g/mol. The van der Waals surface area contributed by atoms with Crippen LogP contribution in [-0.4, -0.2) is 0 Å². The Labute approximate surface area is 44.4 Å². The van der Waals surface area contributed by atoms with Crippen molar-refractivity contribution in [3.05, 3.63) is 23.5 Å². The fraction of sp³-hybridized carbons (Fsp3) is 0.200. The highest BCUT2D eigenvalue weighted by molar-refractivity contribution is 7.30. The van der Waals surface area contributed by atoms with Crippen LogP contribution in [0.15, 0.2) is 23.5 Å². The van der Waals surface area contributed by atoms with Crippen molar-refractivity contribution in [3.63, 3.8) is 0 Å². The number of nitrogens with one attached hydrogen (secondary N) is 1. The molecule has 7 heavy (non-hydrogen) atoms. The molecule has 0 saturated carbocycles. The summed E-state index contributed by atoms with van der Waals surface area (Å²) in [5.74, 6) is 0. The summed E-state index contributed by atoms with van der Waals surface area (Å²) in [7, 11) is 0.671. The third-order valence-corrected chi connectivity index (χ3v) is 1.51. The van der Waals surface area contributed by atoms with Gasteiger partial charge in [0, 0.05) is 13.7 Å². The third kappa shape index (κ3) is 0.971. The highest BCUT2D eigenvalue weighted by Gasteiger charge is 1.91. The van der Waals surface area contributed by atoms with Crippen molar-refractivity contribution < 1.29 is 0 Å². The van der Waals surface area contributed by atoms with E-state index in [0.717, 1.165) is 6.42 Å². The van der Waals surface area contributed by atoms with Crippen LogP contribution in [-0.2, 0) is 0 Å². The molecular formula is C5H6NP. The van der Waals surface area contributed by atoms with Gasteiger partial charge in [-0.2, -0.15) is 0 Å². The fourth-order valence-electron chi connectivity index (χ4n) is 0.519. The third-order valence-electron chi connectivity index (χ3n) is 0.895. The molecule has 0 atom stereocenters. The van der Waals surface area contributed by atoms with Crippen LogP contribution in [0.4, 0.5) is 0 Å². The molecule has 2 heteroatoms. The summed E-state index contributed by atoms with van der Waals surface area (Å²) in [4.78, 5) is 0. The highest BCUT2D eigenvalue weighted by atomic mass is 31.1. The predicted octanol–water partition coefficient (Wildman–Crippen LogP) is 2.54. The Balaban J connectivity index is 2.61. The maximum Gasteiger partial charge on any atom is 0.0310 e. The monoisotopic (exact) mass is 111 g/mol. The van der Waals surface area contributed by atoms with E-state index in [4.69, 9.17) is 5.16 Å². The van der Waals surface area contributed by atoms with Gasteiger partial charge in [0.1, 0.15) is 0 Å². The summed E-state index contributed by atoms with van der Waals surface area (Å²) in [5.41, 5.74) is 0. The lowest BCUT2D eigenvalue weighted by Crippen LogP contribution is -1.54. The van der Waals surface area contributed by atoms with E-state index in [9.17, 15) is 0 Å². The van der Waals surface area contributed by atoms with Gasteiger partial charge in [0.15, 0.2) is 0 Å². The first kappa shape index (κ1) is 4.73.